The van der Waals surface area contributed by atoms with Crippen molar-refractivity contribution in [2.75, 3.05) is 5.75 Å². The summed E-state index contributed by atoms with van der Waals surface area (Å²) in [6.45, 7) is 1.97. The zero-order valence-electron chi connectivity index (χ0n) is 13.4. The van der Waals surface area contributed by atoms with Crippen LogP contribution >= 0.6 is 11.8 Å². The van der Waals surface area contributed by atoms with Crippen LogP contribution in [0.15, 0.2) is 53.4 Å². The highest BCUT2D eigenvalue weighted by Gasteiger charge is 2.30. The maximum absolute atomic E-state index is 12.5. The van der Waals surface area contributed by atoms with E-state index >= 15 is 0 Å². The fraction of sp³-hybridized carbons (Fsp3) is 0.278. The first kappa shape index (κ1) is 19.2. The van der Waals surface area contributed by atoms with Crippen LogP contribution in [0.1, 0.15) is 17.5 Å². The number of alkyl halides is 3. The number of carboxylic acids is 1. The van der Waals surface area contributed by atoms with E-state index in [1.54, 1.807) is 0 Å². The quantitative estimate of drug-likeness (QED) is 0.695. The zero-order chi connectivity index (χ0) is 18.4. The Morgan fingerprint density at radius 2 is 1.88 bits per heavy atom. The van der Waals surface area contributed by atoms with Gasteiger partial charge in [0.2, 0.25) is 0 Å². The highest BCUT2D eigenvalue weighted by atomic mass is 32.2. The second-order valence-corrected chi connectivity index (χ2v) is 6.59. The van der Waals surface area contributed by atoms with Crippen molar-refractivity contribution < 1.29 is 27.8 Å². The Labute approximate surface area is 147 Å². The summed E-state index contributed by atoms with van der Waals surface area (Å²) in [7, 11) is 0. The molecule has 2 aromatic rings. The molecule has 0 saturated heterocycles. The highest BCUT2D eigenvalue weighted by molar-refractivity contribution is 7.99. The molecule has 1 N–H and O–H groups in total. The summed E-state index contributed by atoms with van der Waals surface area (Å²) in [6.07, 6.45) is -5.32. The van der Waals surface area contributed by atoms with E-state index in [0.29, 0.717) is 5.75 Å². The van der Waals surface area contributed by atoms with Crippen molar-refractivity contribution in [3.63, 3.8) is 0 Å². The van der Waals surface area contributed by atoms with E-state index in [4.69, 9.17) is 4.74 Å². The van der Waals surface area contributed by atoms with E-state index in [2.05, 4.69) is 0 Å². The van der Waals surface area contributed by atoms with E-state index in [9.17, 15) is 23.1 Å². The van der Waals surface area contributed by atoms with Crippen molar-refractivity contribution in [3.05, 3.63) is 59.7 Å². The van der Waals surface area contributed by atoms with Gasteiger partial charge in [-0.25, -0.2) is 4.79 Å². The number of halogens is 3. The smallest absolute Gasteiger partial charge is 0.416 e. The van der Waals surface area contributed by atoms with Crippen LogP contribution in [0.5, 0.6) is 5.75 Å². The van der Waals surface area contributed by atoms with Crippen molar-refractivity contribution in [2.45, 2.75) is 30.5 Å². The first-order valence-electron chi connectivity index (χ1n) is 7.52. The van der Waals surface area contributed by atoms with Crippen LogP contribution in [0.3, 0.4) is 0 Å². The number of rotatable bonds is 7. The van der Waals surface area contributed by atoms with Crippen molar-refractivity contribution in [2.24, 2.45) is 0 Å². The molecule has 25 heavy (non-hydrogen) atoms. The van der Waals surface area contributed by atoms with Crippen molar-refractivity contribution in [1.29, 1.82) is 0 Å². The largest absolute Gasteiger partial charge is 0.479 e. The summed E-state index contributed by atoms with van der Waals surface area (Å²) in [5, 5.41) is 9.25. The Balaban J connectivity index is 1.93. The molecule has 1 atom stereocenters. The van der Waals surface area contributed by atoms with Crippen LogP contribution in [0, 0.1) is 6.92 Å². The van der Waals surface area contributed by atoms with Gasteiger partial charge in [-0.05, 0) is 43.3 Å². The second-order valence-electron chi connectivity index (χ2n) is 5.42. The molecule has 7 heteroatoms. The number of benzene rings is 2. The Morgan fingerprint density at radius 1 is 1.20 bits per heavy atom. The lowest BCUT2D eigenvalue weighted by molar-refractivity contribution is -0.145. The third-order valence-corrected chi connectivity index (χ3v) is 4.40. The van der Waals surface area contributed by atoms with Crippen LogP contribution in [0.25, 0.3) is 0 Å². The lowest BCUT2D eigenvalue weighted by Gasteiger charge is -2.15. The molecule has 0 bridgehead atoms. The number of aryl methyl sites for hydroxylation is 1. The van der Waals surface area contributed by atoms with Gasteiger partial charge in [0.15, 0.2) is 6.10 Å². The summed E-state index contributed by atoms with van der Waals surface area (Å²) < 4.78 is 42.9. The van der Waals surface area contributed by atoms with E-state index in [1.165, 1.54) is 11.8 Å². The van der Waals surface area contributed by atoms with Gasteiger partial charge in [-0.2, -0.15) is 13.2 Å². The third-order valence-electron chi connectivity index (χ3n) is 3.37. The summed E-state index contributed by atoms with van der Waals surface area (Å²) in [5.74, 6) is -0.535. The Kier molecular flexibility index (Phi) is 6.36. The zero-order valence-corrected chi connectivity index (χ0v) is 14.2. The van der Waals surface area contributed by atoms with Crippen molar-refractivity contribution >= 4 is 17.7 Å². The van der Waals surface area contributed by atoms with Gasteiger partial charge in [-0.15, -0.1) is 11.8 Å². The van der Waals surface area contributed by atoms with Crippen LogP contribution in [-0.2, 0) is 11.0 Å². The molecular formula is C18H17F3O3S. The lowest BCUT2D eigenvalue weighted by atomic mass is 10.2. The number of hydrogen-bond donors (Lipinski definition) is 1. The van der Waals surface area contributed by atoms with Gasteiger partial charge in [-0.1, -0.05) is 17.7 Å². The van der Waals surface area contributed by atoms with Crippen LogP contribution < -0.4 is 4.74 Å². The van der Waals surface area contributed by atoms with Crippen LogP contribution in [0.2, 0.25) is 0 Å². The minimum atomic E-state index is -4.44. The standard InChI is InChI=1S/C18H17F3O3S/c1-12-3-2-4-15(11-12)25-10-9-16(17(22)23)24-14-7-5-13(6-8-14)18(19,20)21/h2-8,11,16H,9-10H2,1H3,(H,22,23)/t16-/m0/s1. The fourth-order valence-electron chi connectivity index (χ4n) is 2.11. The van der Waals surface area contributed by atoms with Gasteiger partial charge < -0.3 is 9.84 Å². The number of carboxylic acid groups (broad SMARTS) is 1. The Bertz CT molecular complexity index is 714. The average molecular weight is 370 g/mol. The lowest BCUT2D eigenvalue weighted by Crippen LogP contribution is -2.27. The molecule has 0 unspecified atom stereocenters. The molecule has 0 aromatic heterocycles. The summed E-state index contributed by atoms with van der Waals surface area (Å²) in [5.41, 5.74) is 0.308. The van der Waals surface area contributed by atoms with E-state index in [-0.39, 0.29) is 12.2 Å². The number of aliphatic carboxylic acids is 1. The predicted octanol–water partition coefficient (Wildman–Crippen LogP) is 5.03. The van der Waals surface area contributed by atoms with Crippen LogP contribution in [0.4, 0.5) is 13.2 Å². The third kappa shape index (κ3) is 6.01. The maximum atomic E-state index is 12.5. The number of carbonyl (C=O) groups is 1. The van der Waals surface area contributed by atoms with Gasteiger partial charge in [0.25, 0.3) is 0 Å². The van der Waals surface area contributed by atoms with E-state index < -0.39 is 23.8 Å². The van der Waals surface area contributed by atoms with Crippen molar-refractivity contribution in [1.82, 2.24) is 0 Å². The Morgan fingerprint density at radius 3 is 2.44 bits per heavy atom. The number of thioether (sulfide) groups is 1. The molecular weight excluding hydrogens is 353 g/mol. The summed E-state index contributed by atoms with van der Waals surface area (Å²) >= 11 is 1.50. The van der Waals surface area contributed by atoms with E-state index in [1.807, 2.05) is 31.2 Å². The van der Waals surface area contributed by atoms with Gasteiger partial charge in [-0.3, -0.25) is 0 Å². The first-order valence-corrected chi connectivity index (χ1v) is 8.50. The average Bonchev–Trinajstić information content (AvgIpc) is 2.53. The number of ether oxygens (including phenoxy) is 1. The van der Waals surface area contributed by atoms with Gasteiger partial charge in [0.05, 0.1) is 5.56 Å². The molecule has 0 spiro atoms. The molecule has 0 saturated carbocycles. The summed E-state index contributed by atoms with van der Waals surface area (Å²) in [4.78, 5) is 12.3. The normalized spacial score (nSPS) is 12.6. The summed E-state index contributed by atoms with van der Waals surface area (Å²) in [6, 6.07) is 11.8. The highest BCUT2D eigenvalue weighted by Crippen LogP contribution is 2.30. The molecule has 2 aromatic carbocycles. The van der Waals surface area contributed by atoms with E-state index in [0.717, 1.165) is 34.7 Å². The molecule has 0 aliphatic heterocycles. The SMILES string of the molecule is Cc1cccc(SCC[C@H](Oc2ccc(C(F)(F)F)cc2)C(=O)O)c1. The minimum Gasteiger partial charge on any atom is -0.479 e. The number of hydrogen-bond acceptors (Lipinski definition) is 3. The first-order chi connectivity index (χ1) is 11.8. The predicted molar refractivity (Wildman–Crippen MR) is 90.0 cm³/mol. The molecule has 0 aliphatic carbocycles. The topological polar surface area (TPSA) is 46.5 Å². The minimum absolute atomic E-state index is 0.0981. The molecule has 0 aliphatic rings. The van der Waals surface area contributed by atoms with Gasteiger partial charge in [0, 0.05) is 17.1 Å². The molecule has 3 nitrogen and oxygen atoms in total. The van der Waals surface area contributed by atoms with Crippen molar-refractivity contribution in [3.8, 4) is 5.75 Å². The molecule has 2 rings (SSSR count). The Hall–Kier alpha value is -2.15. The maximum Gasteiger partial charge on any atom is 0.416 e. The molecule has 0 amide bonds. The molecule has 0 radical (unpaired) electrons. The molecule has 134 valence electrons. The molecule has 0 heterocycles. The monoisotopic (exact) mass is 370 g/mol. The fourth-order valence-corrected chi connectivity index (χ4v) is 3.12. The molecule has 0 fully saturated rings. The van der Waals surface area contributed by atoms with Gasteiger partial charge in [0.1, 0.15) is 5.75 Å². The second kappa shape index (κ2) is 8.29. The van der Waals surface area contributed by atoms with Crippen LogP contribution in [-0.4, -0.2) is 22.9 Å². The van der Waals surface area contributed by atoms with Gasteiger partial charge >= 0.3 is 12.1 Å².